The molecule has 1 amide bonds. The van der Waals surface area contributed by atoms with Crippen molar-refractivity contribution in [1.29, 1.82) is 0 Å². The third-order valence-electron chi connectivity index (χ3n) is 3.50. The highest BCUT2D eigenvalue weighted by molar-refractivity contribution is 6.02. The summed E-state index contributed by atoms with van der Waals surface area (Å²) in [6.07, 6.45) is 2.81. The van der Waals surface area contributed by atoms with E-state index in [-0.39, 0.29) is 11.4 Å². The van der Waals surface area contributed by atoms with Crippen molar-refractivity contribution in [2.45, 2.75) is 13.8 Å². The maximum absolute atomic E-state index is 13.6. The standard InChI is InChI=1S/C19H17FN4O/c1-12-7-13(2)9-14(8-12)23-18-11-21-17(10-22-18)19(25)24-16-6-4-3-5-15(16)20/h3-11H,1-2H3,(H,22,23)(H,24,25). The predicted octanol–water partition coefficient (Wildman–Crippen LogP) is 4.23. The summed E-state index contributed by atoms with van der Waals surface area (Å²) in [5, 5.41) is 5.62. The van der Waals surface area contributed by atoms with Crippen LogP contribution in [0.1, 0.15) is 21.6 Å². The quantitative estimate of drug-likeness (QED) is 0.748. The van der Waals surface area contributed by atoms with E-state index in [1.807, 2.05) is 26.0 Å². The lowest BCUT2D eigenvalue weighted by atomic mass is 10.1. The fourth-order valence-corrected chi connectivity index (χ4v) is 2.45. The number of nitrogens with one attached hydrogen (secondary N) is 2. The SMILES string of the molecule is Cc1cc(C)cc(Nc2cnc(C(=O)Nc3ccccc3F)cn2)c1. The Morgan fingerprint density at radius 2 is 1.72 bits per heavy atom. The molecule has 0 unspecified atom stereocenters. The van der Waals surface area contributed by atoms with Gasteiger partial charge >= 0.3 is 0 Å². The number of para-hydroxylation sites is 1. The van der Waals surface area contributed by atoms with E-state index in [0.29, 0.717) is 5.82 Å². The van der Waals surface area contributed by atoms with Crippen molar-refractivity contribution in [3.63, 3.8) is 0 Å². The molecule has 3 aromatic rings. The van der Waals surface area contributed by atoms with Gasteiger partial charge in [0, 0.05) is 5.69 Å². The molecule has 126 valence electrons. The normalized spacial score (nSPS) is 10.4. The van der Waals surface area contributed by atoms with Crippen LogP contribution in [0.3, 0.4) is 0 Å². The highest BCUT2D eigenvalue weighted by atomic mass is 19.1. The number of nitrogens with zero attached hydrogens (tertiary/aromatic N) is 2. The molecule has 0 aliphatic carbocycles. The number of benzene rings is 2. The van der Waals surface area contributed by atoms with Crippen molar-refractivity contribution in [2.75, 3.05) is 10.6 Å². The molecule has 0 saturated carbocycles. The van der Waals surface area contributed by atoms with Crippen molar-refractivity contribution in [3.8, 4) is 0 Å². The van der Waals surface area contributed by atoms with Crippen molar-refractivity contribution >= 4 is 23.1 Å². The zero-order valence-corrected chi connectivity index (χ0v) is 13.9. The summed E-state index contributed by atoms with van der Waals surface area (Å²) in [6, 6.07) is 12.0. The van der Waals surface area contributed by atoms with Gasteiger partial charge in [-0.1, -0.05) is 18.2 Å². The molecule has 0 spiro atoms. The Morgan fingerprint density at radius 1 is 1.00 bits per heavy atom. The third kappa shape index (κ3) is 4.17. The number of rotatable bonds is 4. The summed E-state index contributed by atoms with van der Waals surface area (Å²) in [4.78, 5) is 20.4. The molecule has 5 nitrogen and oxygen atoms in total. The second-order valence-corrected chi connectivity index (χ2v) is 5.72. The van der Waals surface area contributed by atoms with E-state index in [1.165, 1.54) is 24.5 Å². The van der Waals surface area contributed by atoms with Crippen molar-refractivity contribution in [1.82, 2.24) is 9.97 Å². The molecule has 0 radical (unpaired) electrons. The number of aryl methyl sites for hydroxylation is 2. The Bertz CT molecular complexity index is 889. The van der Waals surface area contributed by atoms with Gasteiger partial charge in [-0.15, -0.1) is 0 Å². The van der Waals surface area contributed by atoms with Crippen LogP contribution >= 0.6 is 0 Å². The average Bonchev–Trinajstić information content (AvgIpc) is 2.56. The number of carbonyl (C=O) groups is 1. The Labute approximate surface area is 145 Å². The fraction of sp³-hybridized carbons (Fsp3) is 0.105. The first kappa shape index (κ1) is 16.6. The van der Waals surface area contributed by atoms with Crippen LogP contribution in [0, 0.1) is 19.7 Å². The first-order valence-corrected chi connectivity index (χ1v) is 7.74. The molecule has 0 aliphatic rings. The predicted molar refractivity (Wildman–Crippen MR) is 95.6 cm³/mol. The van der Waals surface area contributed by atoms with Crippen LogP contribution in [-0.4, -0.2) is 15.9 Å². The Hall–Kier alpha value is -3.28. The number of aromatic nitrogens is 2. The van der Waals surface area contributed by atoms with Crippen LogP contribution in [-0.2, 0) is 0 Å². The minimum atomic E-state index is -0.518. The lowest BCUT2D eigenvalue weighted by Crippen LogP contribution is -2.15. The molecule has 0 aliphatic heterocycles. The van der Waals surface area contributed by atoms with Crippen LogP contribution < -0.4 is 10.6 Å². The van der Waals surface area contributed by atoms with Gasteiger partial charge in [-0.05, 0) is 49.2 Å². The van der Waals surface area contributed by atoms with Gasteiger partial charge in [-0.25, -0.2) is 14.4 Å². The summed E-state index contributed by atoms with van der Waals surface area (Å²) in [5.74, 6) is -0.500. The number of anilines is 3. The van der Waals surface area contributed by atoms with E-state index < -0.39 is 11.7 Å². The summed E-state index contributed by atoms with van der Waals surface area (Å²) in [6.45, 7) is 4.03. The highest BCUT2D eigenvalue weighted by Gasteiger charge is 2.11. The van der Waals surface area contributed by atoms with Crippen LogP contribution in [0.2, 0.25) is 0 Å². The van der Waals surface area contributed by atoms with E-state index in [0.717, 1.165) is 16.8 Å². The van der Waals surface area contributed by atoms with Crippen LogP contribution in [0.15, 0.2) is 54.9 Å². The second kappa shape index (κ2) is 7.09. The van der Waals surface area contributed by atoms with E-state index in [1.54, 1.807) is 12.1 Å². The molecule has 2 aromatic carbocycles. The molecule has 1 heterocycles. The van der Waals surface area contributed by atoms with Crippen LogP contribution in [0.4, 0.5) is 21.6 Å². The molecule has 2 N–H and O–H groups in total. The summed E-state index contributed by atoms with van der Waals surface area (Å²) in [7, 11) is 0. The molecule has 25 heavy (non-hydrogen) atoms. The number of hydrogen-bond donors (Lipinski definition) is 2. The van der Waals surface area contributed by atoms with Crippen LogP contribution in [0.25, 0.3) is 0 Å². The molecular formula is C19H17FN4O. The van der Waals surface area contributed by atoms with Gasteiger partial charge in [0.25, 0.3) is 5.91 Å². The molecule has 0 atom stereocenters. The highest BCUT2D eigenvalue weighted by Crippen LogP contribution is 2.18. The lowest BCUT2D eigenvalue weighted by molar-refractivity contribution is 0.102. The van der Waals surface area contributed by atoms with E-state index in [4.69, 9.17) is 0 Å². The summed E-state index contributed by atoms with van der Waals surface area (Å²) < 4.78 is 13.6. The molecule has 0 saturated heterocycles. The van der Waals surface area contributed by atoms with E-state index in [9.17, 15) is 9.18 Å². The Kier molecular flexibility index (Phi) is 4.70. The molecule has 6 heteroatoms. The zero-order chi connectivity index (χ0) is 17.8. The Morgan fingerprint density at radius 3 is 2.36 bits per heavy atom. The minimum Gasteiger partial charge on any atom is -0.339 e. The maximum Gasteiger partial charge on any atom is 0.275 e. The molecular weight excluding hydrogens is 319 g/mol. The third-order valence-corrected chi connectivity index (χ3v) is 3.50. The van der Waals surface area contributed by atoms with Gasteiger partial charge < -0.3 is 10.6 Å². The topological polar surface area (TPSA) is 66.9 Å². The number of hydrogen-bond acceptors (Lipinski definition) is 4. The van der Waals surface area contributed by atoms with Gasteiger partial charge in [0.2, 0.25) is 0 Å². The summed E-state index contributed by atoms with van der Waals surface area (Å²) >= 11 is 0. The van der Waals surface area contributed by atoms with Crippen molar-refractivity contribution < 1.29 is 9.18 Å². The van der Waals surface area contributed by atoms with E-state index >= 15 is 0 Å². The average molecular weight is 336 g/mol. The monoisotopic (exact) mass is 336 g/mol. The first-order chi connectivity index (χ1) is 12.0. The van der Waals surface area contributed by atoms with E-state index in [2.05, 4.69) is 26.7 Å². The molecule has 0 bridgehead atoms. The number of amides is 1. The fourth-order valence-electron chi connectivity index (χ4n) is 2.45. The number of halogens is 1. The smallest absolute Gasteiger partial charge is 0.275 e. The largest absolute Gasteiger partial charge is 0.339 e. The summed E-state index contributed by atoms with van der Waals surface area (Å²) in [5.41, 5.74) is 3.38. The molecule has 3 rings (SSSR count). The molecule has 1 aromatic heterocycles. The van der Waals surface area contributed by atoms with Gasteiger partial charge in [0.1, 0.15) is 17.3 Å². The first-order valence-electron chi connectivity index (χ1n) is 7.74. The van der Waals surface area contributed by atoms with Gasteiger partial charge in [-0.2, -0.15) is 0 Å². The van der Waals surface area contributed by atoms with Gasteiger partial charge in [0.05, 0.1) is 18.1 Å². The van der Waals surface area contributed by atoms with Crippen LogP contribution in [0.5, 0.6) is 0 Å². The lowest BCUT2D eigenvalue weighted by Gasteiger charge is -2.09. The van der Waals surface area contributed by atoms with Gasteiger partial charge in [-0.3, -0.25) is 4.79 Å². The number of carbonyl (C=O) groups excluding carboxylic acids is 1. The second-order valence-electron chi connectivity index (χ2n) is 5.72. The van der Waals surface area contributed by atoms with Gasteiger partial charge in [0.15, 0.2) is 0 Å². The van der Waals surface area contributed by atoms with Crippen molar-refractivity contribution in [2.24, 2.45) is 0 Å². The minimum absolute atomic E-state index is 0.103. The molecule has 0 fully saturated rings. The van der Waals surface area contributed by atoms with Crippen molar-refractivity contribution in [3.05, 3.63) is 77.5 Å². The Balaban J connectivity index is 1.71. The zero-order valence-electron chi connectivity index (χ0n) is 13.9. The maximum atomic E-state index is 13.6.